The van der Waals surface area contributed by atoms with Crippen LogP contribution in [0.3, 0.4) is 0 Å². The number of carboxylic acids is 1. The average molecular weight is 414 g/mol. The fourth-order valence-electron chi connectivity index (χ4n) is 6.14. The van der Waals surface area contributed by atoms with Crippen LogP contribution < -0.4 is 5.73 Å². The third-order valence-electron chi connectivity index (χ3n) is 8.50. The number of nitrogens with two attached hydrogens (primary N) is 1. The molecule has 164 valence electrons. The first-order valence-electron chi connectivity index (χ1n) is 11.2. The first-order valence-corrected chi connectivity index (χ1v) is 11.2. The van der Waals surface area contributed by atoms with E-state index >= 15 is 0 Å². The van der Waals surface area contributed by atoms with Gasteiger partial charge in [-0.05, 0) is 63.4 Å². The number of rotatable bonds is 5. The van der Waals surface area contributed by atoms with E-state index in [-0.39, 0.29) is 18.0 Å². The molecule has 0 atom stereocenters. The minimum Gasteiger partial charge on any atom is -0.480 e. The summed E-state index contributed by atoms with van der Waals surface area (Å²) in [4.78, 5) is 28.7. The van der Waals surface area contributed by atoms with Crippen LogP contribution >= 0.6 is 0 Å². The molecule has 1 spiro atoms. The molecule has 6 heteroatoms. The van der Waals surface area contributed by atoms with E-state index in [1.54, 1.807) is 4.90 Å². The number of urea groups is 1. The summed E-state index contributed by atoms with van der Waals surface area (Å²) in [7, 11) is 0. The number of carbonyl (C=O) groups excluding carboxylic acids is 1. The van der Waals surface area contributed by atoms with Crippen LogP contribution in [0.1, 0.15) is 71.3 Å². The summed E-state index contributed by atoms with van der Waals surface area (Å²) in [5.41, 5.74) is 6.78. The number of hydrogen-bond donors (Lipinski definition) is 2. The molecule has 2 saturated carbocycles. The van der Waals surface area contributed by atoms with Gasteiger partial charge in [-0.3, -0.25) is 4.79 Å². The highest BCUT2D eigenvalue weighted by molar-refractivity contribution is 5.84. The SMILES string of the molecule is CC1(CN2C(=O)N(CC(=O)O)C(C)(C)C23CCC(N)(c2ccccc2)CC3)CCC1. The van der Waals surface area contributed by atoms with E-state index in [0.717, 1.165) is 44.1 Å². The molecule has 4 rings (SSSR count). The smallest absolute Gasteiger partial charge is 0.323 e. The average Bonchev–Trinajstić information content (AvgIpc) is 2.82. The number of benzene rings is 1. The monoisotopic (exact) mass is 413 g/mol. The van der Waals surface area contributed by atoms with Crippen molar-refractivity contribution in [3.8, 4) is 0 Å². The van der Waals surface area contributed by atoms with Gasteiger partial charge < -0.3 is 20.6 Å². The summed E-state index contributed by atoms with van der Waals surface area (Å²) in [5, 5.41) is 9.49. The van der Waals surface area contributed by atoms with Crippen molar-refractivity contribution in [3.63, 3.8) is 0 Å². The maximum atomic E-state index is 13.5. The number of nitrogens with zero attached hydrogens (tertiary/aromatic N) is 2. The molecular formula is C24H35N3O3. The van der Waals surface area contributed by atoms with Crippen LogP contribution in [0.25, 0.3) is 0 Å². The van der Waals surface area contributed by atoms with Gasteiger partial charge in [0.15, 0.2) is 0 Å². The largest absolute Gasteiger partial charge is 0.480 e. The van der Waals surface area contributed by atoms with Gasteiger partial charge in [-0.1, -0.05) is 43.7 Å². The molecule has 1 aromatic rings. The maximum absolute atomic E-state index is 13.5. The highest BCUT2D eigenvalue weighted by Crippen LogP contribution is 2.55. The van der Waals surface area contributed by atoms with E-state index in [1.807, 2.05) is 36.9 Å². The number of aliphatic carboxylic acids is 1. The molecule has 6 nitrogen and oxygen atoms in total. The van der Waals surface area contributed by atoms with E-state index in [2.05, 4.69) is 19.1 Å². The molecule has 3 fully saturated rings. The normalized spacial score (nSPS) is 32.3. The predicted molar refractivity (Wildman–Crippen MR) is 116 cm³/mol. The van der Waals surface area contributed by atoms with Crippen molar-refractivity contribution in [1.29, 1.82) is 0 Å². The van der Waals surface area contributed by atoms with Crippen molar-refractivity contribution in [2.45, 2.75) is 82.3 Å². The van der Waals surface area contributed by atoms with Crippen LogP contribution in [-0.2, 0) is 10.3 Å². The van der Waals surface area contributed by atoms with Gasteiger partial charge in [0.1, 0.15) is 6.54 Å². The van der Waals surface area contributed by atoms with Gasteiger partial charge >= 0.3 is 12.0 Å². The van der Waals surface area contributed by atoms with Gasteiger partial charge in [-0.2, -0.15) is 0 Å². The lowest BCUT2D eigenvalue weighted by Crippen LogP contribution is -2.63. The minimum absolute atomic E-state index is 0.125. The van der Waals surface area contributed by atoms with Gasteiger partial charge in [-0.25, -0.2) is 4.79 Å². The molecule has 3 aliphatic rings. The van der Waals surface area contributed by atoms with Crippen LogP contribution in [0, 0.1) is 5.41 Å². The van der Waals surface area contributed by atoms with Crippen molar-refractivity contribution >= 4 is 12.0 Å². The molecule has 0 bridgehead atoms. The number of hydrogen-bond acceptors (Lipinski definition) is 3. The summed E-state index contributed by atoms with van der Waals surface area (Å²) in [6, 6.07) is 10.1. The summed E-state index contributed by atoms with van der Waals surface area (Å²) in [5.74, 6) is -0.962. The third-order valence-corrected chi connectivity index (χ3v) is 8.50. The van der Waals surface area contributed by atoms with E-state index in [9.17, 15) is 14.7 Å². The Hall–Kier alpha value is -2.08. The second kappa shape index (κ2) is 6.98. The van der Waals surface area contributed by atoms with Crippen LogP contribution in [0.2, 0.25) is 0 Å². The van der Waals surface area contributed by atoms with Crippen LogP contribution in [0.15, 0.2) is 30.3 Å². The topological polar surface area (TPSA) is 86.9 Å². The Morgan fingerprint density at radius 1 is 1.00 bits per heavy atom. The lowest BCUT2D eigenvalue weighted by Gasteiger charge is -2.54. The molecule has 2 aliphatic carbocycles. The van der Waals surface area contributed by atoms with Crippen molar-refractivity contribution in [2.24, 2.45) is 11.1 Å². The van der Waals surface area contributed by atoms with Crippen LogP contribution in [-0.4, -0.2) is 51.1 Å². The standard InChI is InChI=1S/C24H35N3O3/c1-21(2)24(14-12-23(25,13-15-24)18-8-5-4-6-9-18)27(17-22(3)10-7-11-22)20(30)26(21)16-19(28)29/h4-6,8-9H,7,10-17,25H2,1-3H3,(H,28,29). The minimum atomic E-state index is -0.962. The Morgan fingerprint density at radius 2 is 1.60 bits per heavy atom. The highest BCUT2D eigenvalue weighted by atomic mass is 16.4. The van der Waals surface area contributed by atoms with Crippen LogP contribution in [0.5, 0.6) is 0 Å². The van der Waals surface area contributed by atoms with Crippen molar-refractivity contribution in [3.05, 3.63) is 35.9 Å². The van der Waals surface area contributed by atoms with Crippen LogP contribution in [0.4, 0.5) is 4.79 Å². The Morgan fingerprint density at radius 3 is 2.10 bits per heavy atom. The Balaban J connectivity index is 1.67. The zero-order valence-electron chi connectivity index (χ0n) is 18.5. The van der Waals surface area contributed by atoms with Gasteiger partial charge in [0.05, 0.1) is 11.1 Å². The molecular weight excluding hydrogens is 378 g/mol. The summed E-state index contributed by atoms with van der Waals surface area (Å²) < 4.78 is 0. The summed E-state index contributed by atoms with van der Waals surface area (Å²) >= 11 is 0. The fourth-order valence-corrected chi connectivity index (χ4v) is 6.14. The van der Waals surface area contributed by atoms with E-state index < -0.39 is 22.6 Å². The lowest BCUT2D eigenvalue weighted by molar-refractivity contribution is -0.138. The molecule has 1 heterocycles. The van der Waals surface area contributed by atoms with Gasteiger partial charge in [-0.15, -0.1) is 0 Å². The van der Waals surface area contributed by atoms with E-state index in [4.69, 9.17) is 5.73 Å². The quantitative estimate of drug-likeness (QED) is 0.765. The molecule has 1 aliphatic heterocycles. The Bertz CT molecular complexity index is 823. The van der Waals surface area contributed by atoms with Gasteiger partial charge in [0.2, 0.25) is 0 Å². The first-order chi connectivity index (χ1) is 14.0. The highest BCUT2D eigenvalue weighted by Gasteiger charge is 2.64. The third kappa shape index (κ3) is 3.11. The number of amides is 2. The fraction of sp³-hybridized carbons (Fsp3) is 0.667. The summed E-state index contributed by atoms with van der Waals surface area (Å²) in [6.07, 6.45) is 6.57. The van der Waals surface area contributed by atoms with Crippen molar-refractivity contribution in [1.82, 2.24) is 9.80 Å². The molecule has 0 radical (unpaired) electrons. The second-order valence-electron chi connectivity index (χ2n) is 10.6. The summed E-state index contributed by atoms with van der Waals surface area (Å²) in [6.45, 7) is 6.79. The first kappa shape index (κ1) is 21.2. The second-order valence-corrected chi connectivity index (χ2v) is 10.6. The zero-order chi connectivity index (χ0) is 21.8. The molecule has 3 N–H and O–H groups in total. The number of carboxylic acid groups (broad SMARTS) is 1. The van der Waals surface area contributed by atoms with E-state index in [1.165, 1.54) is 6.42 Å². The Kier molecular flexibility index (Phi) is 4.92. The van der Waals surface area contributed by atoms with Gasteiger partial charge in [0, 0.05) is 12.1 Å². The molecule has 1 aromatic carbocycles. The molecule has 30 heavy (non-hydrogen) atoms. The Labute approximate surface area is 179 Å². The molecule has 0 unspecified atom stereocenters. The zero-order valence-corrected chi connectivity index (χ0v) is 18.5. The lowest BCUT2D eigenvalue weighted by atomic mass is 9.62. The van der Waals surface area contributed by atoms with E-state index in [0.29, 0.717) is 6.54 Å². The van der Waals surface area contributed by atoms with Gasteiger partial charge in [0.25, 0.3) is 0 Å². The molecule has 2 amide bonds. The molecule has 0 aromatic heterocycles. The van der Waals surface area contributed by atoms with Crippen molar-refractivity contribution in [2.75, 3.05) is 13.1 Å². The molecule has 1 saturated heterocycles. The number of carbonyl (C=O) groups is 2. The maximum Gasteiger partial charge on any atom is 0.323 e. The van der Waals surface area contributed by atoms with Crippen molar-refractivity contribution < 1.29 is 14.7 Å². The predicted octanol–water partition coefficient (Wildman–Crippen LogP) is 3.94.